The van der Waals surface area contributed by atoms with Crippen LogP contribution in [0.5, 0.6) is 0 Å². The van der Waals surface area contributed by atoms with Gasteiger partial charge in [0.15, 0.2) is 11.6 Å². The molecule has 0 saturated heterocycles. The number of ketones is 2. The number of aryl methyl sites for hydroxylation is 3. The summed E-state index contributed by atoms with van der Waals surface area (Å²) >= 11 is 0. The predicted molar refractivity (Wildman–Crippen MR) is 164 cm³/mol. The molecular formula is C34H32FeN4O6+. The van der Waals surface area contributed by atoms with Crippen molar-refractivity contribution in [3.8, 4) is 0 Å². The van der Waals surface area contributed by atoms with Crippen LogP contribution in [0.1, 0.15) is 99.6 Å². The van der Waals surface area contributed by atoms with Crippen LogP contribution in [0.15, 0.2) is 24.3 Å². The van der Waals surface area contributed by atoms with Gasteiger partial charge in [0, 0.05) is 23.1 Å². The van der Waals surface area contributed by atoms with Crippen LogP contribution in [0, 0.1) is 13.8 Å². The van der Waals surface area contributed by atoms with Crippen molar-refractivity contribution >= 4 is 67.9 Å². The summed E-state index contributed by atoms with van der Waals surface area (Å²) in [4.78, 5) is 67.6. The minimum Gasteiger partial charge on any atom is -0.657 e. The maximum atomic E-state index is 12.8. The molecule has 1 radical (unpaired) electrons. The Bertz CT molecular complexity index is 2040. The van der Waals surface area contributed by atoms with Gasteiger partial charge in [0.2, 0.25) is 0 Å². The van der Waals surface area contributed by atoms with E-state index in [1.54, 1.807) is 38.1 Å². The number of rotatable bonds is 8. The molecule has 5 rings (SSSR count). The third-order valence-corrected chi connectivity index (χ3v) is 8.24. The minimum absolute atomic E-state index is 0. The summed E-state index contributed by atoms with van der Waals surface area (Å²) in [6, 6.07) is 6.88. The molecule has 5 heterocycles. The van der Waals surface area contributed by atoms with Crippen LogP contribution in [-0.4, -0.2) is 33.5 Å². The van der Waals surface area contributed by atoms with E-state index in [-0.39, 0.29) is 57.2 Å². The molecule has 0 saturated carbocycles. The van der Waals surface area contributed by atoms with Gasteiger partial charge in [-0.05, 0) is 83.9 Å². The molecule has 3 aromatic rings. The molecule has 0 aromatic carbocycles. The van der Waals surface area contributed by atoms with Gasteiger partial charge in [-0.1, -0.05) is 41.0 Å². The number of fused-ring (bicyclic) bond motifs is 8. The zero-order chi connectivity index (χ0) is 32.0. The van der Waals surface area contributed by atoms with Crippen LogP contribution in [0.3, 0.4) is 0 Å². The van der Waals surface area contributed by atoms with E-state index >= 15 is 0 Å². The summed E-state index contributed by atoms with van der Waals surface area (Å²) in [7, 11) is 0. The molecule has 0 unspecified atom stereocenters. The Hall–Kier alpha value is -4.60. The quantitative estimate of drug-likeness (QED) is 0.261. The number of carbonyl (C=O) groups is 4. The van der Waals surface area contributed by atoms with Crippen molar-refractivity contribution in [1.29, 1.82) is 0 Å². The van der Waals surface area contributed by atoms with E-state index in [1.165, 1.54) is 13.8 Å². The Balaban J connectivity index is 0.00000256. The van der Waals surface area contributed by atoms with Crippen molar-refractivity contribution in [3.63, 3.8) is 0 Å². The van der Waals surface area contributed by atoms with Gasteiger partial charge in [0.05, 0.1) is 22.8 Å². The van der Waals surface area contributed by atoms with Crippen molar-refractivity contribution in [2.75, 3.05) is 0 Å². The van der Waals surface area contributed by atoms with Gasteiger partial charge >= 0.3 is 19.9 Å². The van der Waals surface area contributed by atoms with Crippen LogP contribution in [0.4, 0.5) is 0 Å². The summed E-state index contributed by atoms with van der Waals surface area (Å²) in [6.07, 6.45) is -0.159. The molecule has 2 aliphatic rings. The number of nitrogens with zero attached hydrogens (tertiary/aromatic N) is 4. The van der Waals surface area contributed by atoms with Gasteiger partial charge in [-0.3, -0.25) is 9.59 Å². The zero-order valence-corrected chi connectivity index (χ0v) is 26.8. The standard InChI is InChI=1S/C34H34N4O6.Fe/c1-15-21(7-9-31(41)42)27-14-28-22(8-10-32(43)44)16(2)24(36-28)12-29-34(20(6)40)18(4)26(38-29)13-30-33(19(5)39)17(3)25(37-30)11-23(15)35-27;/h11-14H,7-10H2,1-6H3,(H4,35,36,37,38,39,40,41,42,43,44);/q;+3/p-2. The van der Waals surface area contributed by atoms with E-state index in [9.17, 15) is 29.4 Å². The molecule has 2 aliphatic heterocycles. The van der Waals surface area contributed by atoms with Gasteiger partial charge < -0.3 is 29.8 Å². The van der Waals surface area contributed by atoms with E-state index in [0.29, 0.717) is 83.8 Å². The van der Waals surface area contributed by atoms with Crippen LogP contribution in [0.2, 0.25) is 0 Å². The van der Waals surface area contributed by atoms with Crippen molar-refractivity contribution in [3.05, 3.63) is 69.3 Å². The second kappa shape index (κ2) is 12.8. The third-order valence-electron chi connectivity index (χ3n) is 8.24. The molecule has 0 N–H and O–H groups in total. The summed E-state index contributed by atoms with van der Waals surface area (Å²) in [5, 5.41) is 22.8. The molecule has 0 amide bonds. The van der Waals surface area contributed by atoms with Gasteiger partial charge in [-0.15, -0.1) is 22.1 Å². The second-order valence-electron chi connectivity index (χ2n) is 11.2. The van der Waals surface area contributed by atoms with Gasteiger partial charge in [0.25, 0.3) is 0 Å². The number of carboxylic acids is 2. The molecule has 0 fully saturated rings. The molecule has 8 bridgehead atoms. The van der Waals surface area contributed by atoms with E-state index in [0.717, 1.165) is 5.57 Å². The Labute approximate surface area is 273 Å². The summed E-state index contributed by atoms with van der Waals surface area (Å²) in [5.41, 5.74) is 8.78. The number of carboxylic acid groups (broad SMARTS) is 2. The number of Topliss-reactive ketones (excluding diaryl/α,β-unsaturated/α-hetero) is 2. The molecule has 11 heteroatoms. The van der Waals surface area contributed by atoms with Crippen LogP contribution >= 0.6 is 0 Å². The van der Waals surface area contributed by atoms with E-state index in [4.69, 9.17) is 19.9 Å². The van der Waals surface area contributed by atoms with Crippen molar-refractivity contribution in [2.24, 2.45) is 0 Å². The molecule has 45 heavy (non-hydrogen) atoms. The smallest absolute Gasteiger partial charge is 0.657 e. The number of carbonyl (C=O) groups excluding carboxylic acids is 4. The first-order valence-electron chi connectivity index (χ1n) is 14.2. The number of allylic oxidation sites excluding steroid dienone is 4. The van der Waals surface area contributed by atoms with E-state index < -0.39 is 11.9 Å². The average molecular weight is 648 g/mol. The summed E-state index contributed by atoms with van der Waals surface area (Å²) in [5.74, 6) is -2.78. The van der Waals surface area contributed by atoms with E-state index in [2.05, 4.69) is 0 Å². The summed E-state index contributed by atoms with van der Waals surface area (Å²) in [6.45, 7) is 10.2. The monoisotopic (exact) mass is 648 g/mol. The first-order valence-corrected chi connectivity index (χ1v) is 14.2. The minimum atomic E-state index is -1.21. The molecular weight excluding hydrogens is 616 g/mol. The Morgan fingerprint density at radius 3 is 1.80 bits per heavy atom. The normalized spacial score (nSPS) is 12.8. The number of aromatic nitrogens is 4. The van der Waals surface area contributed by atoms with Gasteiger partial charge in [-0.25, -0.2) is 9.97 Å². The molecule has 10 nitrogen and oxygen atoms in total. The van der Waals surface area contributed by atoms with Gasteiger partial charge in [0.1, 0.15) is 0 Å². The average Bonchev–Trinajstić information content (AvgIpc) is 3.59. The van der Waals surface area contributed by atoms with Crippen molar-refractivity contribution in [1.82, 2.24) is 19.9 Å². The van der Waals surface area contributed by atoms with Gasteiger partial charge in [-0.2, -0.15) is 0 Å². The predicted octanol–water partition coefficient (Wildman–Crippen LogP) is 3.28. The van der Waals surface area contributed by atoms with Crippen molar-refractivity contribution < 1.29 is 49.3 Å². The summed E-state index contributed by atoms with van der Waals surface area (Å²) < 4.78 is 0. The molecule has 0 atom stereocenters. The topological polar surface area (TPSA) is 168 Å². The Morgan fingerprint density at radius 2 is 1.18 bits per heavy atom. The SMILES string of the molecule is CC(=O)C1=C(C)c2cc3[n-]c(cc4nc(cc5[n-]c(cc1n2)c(C)c5CCC(=O)[O-])C(CCC(=O)[O-])=C4C)c(C)c3C(C)=O.[Fe+3].[H+].[H+]. The van der Waals surface area contributed by atoms with Crippen LogP contribution < -0.4 is 20.2 Å². The third kappa shape index (κ3) is 6.32. The largest absolute Gasteiger partial charge is 3.00 e. The molecule has 0 spiro atoms. The first kappa shape index (κ1) is 33.3. The second-order valence-corrected chi connectivity index (χ2v) is 11.2. The number of hydrogen-bond donors (Lipinski definition) is 0. The van der Waals surface area contributed by atoms with E-state index in [1.807, 2.05) is 13.8 Å². The Kier molecular flexibility index (Phi) is 9.46. The molecule has 0 aliphatic carbocycles. The van der Waals surface area contributed by atoms with Crippen molar-refractivity contribution in [2.45, 2.75) is 67.2 Å². The molecule has 231 valence electrons. The van der Waals surface area contributed by atoms with Crippen LogP contribution in [0.25, 0.3) is 44.4 Å². The molecule has 3 aromatic heterocycles. The zero-order valence-electron chi connectivity index (χ0n) is 27.7. The van der Waals surface area contributed by atoms with Crippen LogP contribution in [-0.2, 0) is 37.9 Å². The fourth-order valence-electron chi connectivity index (χ4n) is 5.94. The number of hydrogen-bond acceptors (Lipinski definition) is 8. The maximum absolute atomic E-state index is 12.8. The fourth-order valence-corrected chi connectivity index (χ4v) is 5.94. The first-order chi connectivity index (χ1) is 20.8. The maximum Gasteiger partial charge on any atom is 3.00 e. The fraction of sp³-hybridized carbons (Fsp3) is 0.294. The Morgan fingerprint density at radius 1 is 0.667 bits per heavy atom. The number of aliphatic carboxylic acids is 2.